The van der Waals surface area contributed by atoms with Gasteiger partial charge in [-0.2, -0.15) is 4.98 Å². The van der Waals surface area contributed by atoms with E-state index in [0.717, 1.165) is 22.6 Å². The molecule has 0 fully saturated rings. The number of anilines is 3. The first-order chi connectivity index (χ1) is 17.0. The summed E-state index contributed by atoms with van der Waals surface area (Å²) in [7, 11) is 0. The molecule has 2 aliphatic rings. The maximum atomic E-state index is 15.2. The lowest BCUT2D eigenvalue weighted by Crippen LogP contribution is -2.45. The number of rotatable bonds is 4. The second kappa shape index (κ2) is 8.97. The number of hydrogen-bond acceptors (Lipinski definition) is 6. The lowest BCUT2D eigenvalue weighted by molar-refractivity contribution is 0.0931. The van der Waals surface area contributed by atoms with Crippen molar-refractivity contribution >= 4 is 34.8 Å². The van der Waals surface area contributed by atoms with Gasteiger partial charge in [0.15, 0.2) is 6.73 Å². The highest BCUT2D eigenvalue weighted by Gasteiger charge is 2.36. The van der Waals surface area contributed by atoms with Crippen LogP contribution in [0.4, 0.5) is 26.1 Å². The van der Waals surface area contributed by atoms with Crippen LogP contribution in [-0.2, 0) is 12.0 Å². The lowest BCUT2D eigenvalue weighted by Gasteiger charge is -2.42. The number of para-hydroxylation sites is 1. The topological polar surface area (TPSA) is 70.6 Å². The quantitative estimate of drug-likeness (QED) is 0.486. The fourth-order valence-corrected chi connectivity index (χ4v) is 5.16. The van der Waals surface area contributed by atoms with E-state index in [1.165, 1.54) is 30.5 Å². The van der Waals surface area contributed by atoms with Gasteiger partial charge in [-0.25, -0.2) is 13.8 Å². The van der Waals surface area contributed by atoms with E-state index in [1.54, 1.807) is 0 Å². The van der Waals surface area contributed by atoms with E-state index >= 15 is 4.39 Å². The molecule has 0 saturated heterocycles. The predicted octanol–water partition coefficient (Wildman–Crippen LogP) is 5.65. The zero-order valence-electron chi connectivity index (χ0n) is 20.4. The third-order valence-electron chi connectivity index (χ3n) is 6.57. The molecule has 188 valence electrons. The molecule has 5 rings (SSSR count). The van der Waals surface area contributed by atoms with Crippen LogP contribution < -0.4 is 15.0 Å². The maximum absolute atomic E-state index is 15.2. The van der Waals surface area contributed by atoms with Gasteiger partial charge in [-0.1, -0.05) is 31.5 Å². The first kappa shape index (κ1) is 24.4. The van der Waals surface area contributed by atoms with E-state index < -0.39 is 11.7 Å². The van der Waals surface area contributed by atoms with E-state index in [9.17, 15) is 9.18 Å². The van der Waals surface area contributed by atoms with Crippen LogP contribution in [0.15, 0.2) is 36.5 Å². The van der Waals surface area contributed by atoms with Gasteiger partial charge in [0.05, 0.1) is 5.02 Å². The minimum absolute atomic E-state index is 0.0479. The van der Waals surface area contributed by atoms with Crippen LogP contribution in [0.25, 0.3) is 0 Å². The van der Waals surface area contributed by atoms with Crippen molar-refractivity contribution < 1.29 is 18.3 Å². The number of carbonyl (C=O) groups is 1. The highest BCUT2D eigenvalue weighted by Crippen LogP contribution is 2.38. The summed E-state index contributed by atoms with van der Waals surface area (Å²) in [6.07, 6.45) is 1.30. The van der Waals surface area contributed by atoms with Crippen molar-refractivity contribution in [1.82, 2.24) is 14.9 Å². The third-order valence-corrected chi connectivity index (χ3v) is 6.88. The average molecular weight is 514 g/mol. The maximum Gasteiger partial charge on any atom is 0.268 e. The van der Waals surface area contributed by atoms with E-state index in [0.29, 0.717) is 18.3 Å². The fourth-order valence-electron chi connectivity index (χ4n) is 4.90. The van der Waals surface area contributed by atoms with Crippen molar-refractivity contribution in [1.29, 1.82) is 0 Å². The highest BCUT2D eigenvalue weighted by atomic mass is 35.5. The van der Waals surface area contributed by atoms with E-state index in [4.69, 9.17) is 16.3 Å². The fraction of sp³-hybridized carbons (Fsp3) is 0.346. The van der Waals surface area contributed by atoms with Gasteiger partial charge in [0.25, 0.3) is 5.91 Å². The van der Waals surface area contributed by atoms with Gasteiger partial charge >= 0.3 is 0 Å². The molecule has 0 atom stereocenters. The molecule has 10 heteroatoms. The van der Waals surface area contributed by atoms with Gasteiger partial charge in [-0.15, -0.1) is 0 Å². The van der Waals surface area contributed by atoms with Crippen molar-refractivity contribution in [3.8, 4) is 5.88 Å². The molecule has 0 saturated carbocycles. The Hall–Kier alpha value is -3.30. The normalized spacial score (nSPS) is 17.0. The Morgan fingerprint density at radius 1 is 1.19 bits per heavy atom. The average Bonchev–Trinajstić information content (AvgIpc) is 2.79. The van der Waals surface area contributed by atoms with Crippen LogP contribution in [0.1, 0.15) is 49.2 Å². The molecule has 0 radical (unpaired) electrons. The minimum atomic E-state index is -0.643. The summed E-state index contributed by atoms with van der Waals surface area (Å²) in [5, 5.41) is 3.11. The molecular weight excluding hydrogens is 488 g/mol. The van der Waals surface area contributed by atoms with Gasteiger partial charge in [-0.3, -0.25) is 14.6 Å². The minimum Gasteiger partial charge on any atom is -0.455 e. The first-order valence-electron chi connectivity index (χ1n) is 11.6. The van der Waals surface area contributed by atoms with Gasteiger partial charge in [-0.05, 0) is 49.2 Å². The summed E-state index contributed by atoms with van der Waals surface area (Å²) >= 11 is 6.11. The molecule has 36 heavy (non-hydrogen) atoms. The number of aromatic nitrogens is 2. The molecular formula is C26H26ClF2N5O2. The van der Waals surface area contributed by atoms with Crippen LogP contribution in [0.5, 0.6) is 5.88 Å². The van der Waals surface area contributed by atoms with Crippen molar-refractivity contribution in [2.45, 2.75) is 45.7 Å². The molecule has 7 nitrogen and oxygen atoms in total. The molecule has 0 bridgehead atoms. The molecule has 3 aromatic rings. The molecule has 1 amide bonds. The van der Waals surface area contributed by atoms with E-state index in [2.05, 4.69) is 47.9 Å². The zero-order valence-corrected chi connectivity index (χ0v) is 21.2. The molecule has 1 N–H and O–H groups in total. The van der Waals surface area contributed by atoms with Crippen LogP contribution in [0, 0.1) is 11.6 Å². The number of benzene rings is 2. The Labute approximate surface area is 213 Å². The van der Waals surface area contributed by atoms with Crippen LogP contribution in [-0.4, -0.2) is 40.1 Å². The molecule has 0 spiro atoms. The number of nitrogens with one attached hydrogen (secondary N) is 1. The zero-order chi connectivity index (χ0) is 25.8. The van der Waals surface area contributed by atoms with E-state index in [1.807, 2.05) is 6.07 Å². The number of fused-ring (bicyclic) bond motifs is 2. The second-order valence-electron chi connectivity index (χ2n) is 9.99. The number of nitrogens with zero attached hydrogens (tertiary/aromatic N) is 4. The van der Waals surface area contributed by atoms with Crippen LogP contribution in [0.3, 0.4) is 0 Å². The Morgan fingerprint density at radius 2 is 1.97 bits per heavy atom. The van der Waals surface area contributed by atoms with Crippen molar-refractivity contribution in [3.05, 3.63) is 69.9 Å². The molecule has 1 aromatic heterocycles. The van der Waals surface area contributed by atoms with Crippen molar-refractivity contribution in [3.63, 3.8) is 0 Å². The first-order valence-corrected chi connectivity index (χ1v) is 12.0. The summed E-state index contributed by atoms with van der Waals surface area (Å²) in [6.45, 7) is 9.50. The Morgan fingerprint density at radius 3 is 2.69 bits per heavy atom. The molecule has 3 heterocycles. The van der Waals surface area contributed by atoms with Crippen LogP contribution >= 0.6 is 11.6 Å². The Bertz CT molecular complexity index is 1340. The highest BCUT2D eigenvalue weighted by molar-refractivity contribution is 6.34. The lowest BCUT2D eigenvalue weighted by atomic mass is 9.77. The summed E-state index contributed by atoms with van der Waals surface area (Å²) in [5.41, 5.74) is 1.79. The number of hydrogen-bond donors (Lipinski definition) is 1. The summed E-state index contributed by atoms with van der Waals surface area (Å²) < 4.78 is 35.2. The van der Waals surface area contributed by atoms with Gasteiger partial charge in [0.2, 0.25) is 11.8 Å². The largest absolute Gasteiger partial charge is 0.455 e. The summed E-state index contributed by atoms with van der Waals surface area (Å²) in [5.74, 6) is -1.27. The third kappa shape index (κ3) is 4.26. The number of ether oxygens (including phenoxy) is 1. The van der Waals surface area contributed by atoms with Gasteiger partial charge in [0, 0.05) is 36.4 Å². The monoisotopic (exact) mass is 513 g/mol. The summed E-state index contributed by atoms with van der Waals surface area (Å²) in [6, 6.07) is 7.83. The van der Waals surface area contributed by atoms with E-state index in [-0.39, 0.29) is 46.1 Å². The van der Waals surface area contributed by atoms with Gasteiger partial charge in [0.1, 0.15) is 22.9 Å². The van der Waals surface area contributed by atoms with Crippen LogP contribution in [0.2, 0.25) is 5.02 Å². The summed E-state index contributed by atoms with van der Waals surface area (Å²) in [4.78, 5) is 24.9. The molecule has 0 unspecified atom stereocenters. The smallest absolute Gasteiger partial charge is 0.268 e. The van der Waals surface area contributed by atoms with Crippen molar-refractivity contribution in [2.75, 3.05) is 23.5 Å². The second-order valence-corrected chi connectivity index (χ2v) is 10.4. The number of halogens is 3. The SMILES string of the molecule is CC(C)N1Cc2cc(Nc3ncc4c(n3)OCN(c3c(F)cccc3Cl)C4=O)cc(F)c2C(C)(C)C1. The Balaban J connectivity index is 1.42. The molecule has 2 aliphatic heterocycles. The van der Waals surface area contributed by atoms with Crippen molar-refractivity contribution in [2.24, 2.45) is 0 Å². The standard InChI is InChI=1S/C26H26ClF2N5O2/c1-14(2)33-11-15-8-16(9-20(29)21(15)26(3,4)12-33)31-25-30-10-17-23(32-25)36-13-34(24(17)35)22-18(27)6-5-7-19(22)28/h5-10,14H,11-13H2,1-4H3,(H,30,31,32). The number of carbonyl (C=O) groups excluding carboxylic acids is 1. The molecule has 0 aliphatic carbocycles. The molecule has 2 aromatic carbocycles. The van der Waals surface area contributed by atoms with Gasteiger partial charge < -0.3 is 10.1 Å². The predicted molar refractivity (Wildman–Crippen MR) is 134 cm³/mol. The number of amides is 1. The Kier molecular flexibility index (Phi) is 6.08.